The molecule has 9 aliphatic rings. The van der Waals surface area contributed by atoms with Gasteiger partial charge >= 0.3 is 11.9 Å². The highest BCUT2D eigenvalue weighted by Gasteiger charge is 2.72. The largest absolute Gasteiger partial charge is 0.479 e. The van der Waals surface area contributed by atoms with Crippen LogP contribution in [0.25, 0.3) is 0 Å². The molecule has 0 bridgehead atoms. The Morgan fingerprint density at radius 2 is 1.28 bits per heavy atom. The number of hydrogen-bond acceptors (Lipinski definition) is 23. The fourth-order valence-corrected chi connectivity index (χ4v) is 16.8. The molecule has 0 unspecified atom stereocenters. The van der Waals surface area contributed by atoms with Crippen molar-refractivity contribution >= 4 is 11.9 Å². The van der Waals surface area contributed by atoms with Crippen molar-refractivity contribution in [2.45, 2.75) is 243 Å². The zero-order valence-electron chi connectivity index (χ0n) is 47.8. The molecule has 0 aromatic rings. The van der Waals surface area contributed by atoms with Crippen LogP contribution < -0.4 is 0 Å². The zero-order chi connectivity index (χ0) is 59.4. The summed E-state index contributed by atoms with van der Waals surface area (Å²) < 4.78 is 54.9. The topological polar surface area (TPSA) is 380 Å². The van der Waals surface area contributed by atoms with Crippen molar-refractivity contribution in [2.24, 2.45) is 50.2 Å². The monoisotopic (exact) mass is 1160 g/mol. The molecule has 8 fully saturated rings. The molecule has 9 rings (SSSR count). The van der Waals surface area contributed by atoms with Crippen molar-refractivity contribution in [1.29, 1.82) is 0 Å². The number of aliphatic carboxylic acids is 1. The average molecular weight is 1160 g/mol. The maximum Gasteiger partial charge on any atom is 0.335 e. The summed E-state index contributed by atoms with van der Waals surface area (Å²) in [7, 11) is 0. The van der Waals surface area contributed by atoms with E-state index in [2.05, 4.69) is 54.5 Å². The Kier molecular flexibility index (Phi) is 18.0. The molecule has 4 heterocycles. The molecule has 28 atom stereocenters. The summed E-state index contributed by atoms with van der Waals surface area (Å²) in [5.41, 5.74) is -1.79. The molecule has 4 saturated carbocycles. The number of carbonyl (C=O) groups excluding carboxylic acids is 1. The number of ether oxygens (including phenoxy) is 9. The van der Waals surface area contributed by atoms with Crippen molar-refractivity contribution < 1.29 is 119 Å². The van der Waals surface area contributed by atoms with Gasteiger partial charge in [-0.1, -0.05) is 66.2 Å². The Bertz CT molecular complexity index is 2330. The molecule has 4 saturated heterocycles. The van der Waals surface area contributed by atoms with Crippen LogP contribution in [0.5, 0.6) is 0 Å². The third-order valence-corrected chi connectivity index (χ3v) is 21.7. The lowest BCUT2D eigenvalue weighted by molar-refractivity contribution is -0.399. The van der Waals surface area contributed by atoms with E-state index in [-0.39, 0.29) is 40.6 Å². The van der Waals surface area contributed by atoms with Gasteiger partial charge in [-0.15, -0.1) is 0 Å². The number of fused-ring (bicyclic) bond motifs is 7. The standard InChI is InChI=1S/C57H90O24/c1-10-24(2)47(72)76-34-19-52(3,4)17-26-25-11-12-31-54(7)15-14-33(53(5,6)30(54)13-16-55(31,8)56(25,9)18-32(62)57(26,34)23-59)77-51-45(81-49-40(68)38(66)37(65)29(20-58)75-49)42(41(69)43(79-51)46(70)71)78-50-44(36(64)28(61)22-74-50)80-48-39(67)35(63)27(60)21-73-48/h10-11,26-45,48-51,58-69H,12-23H2,1-9H3,(H,70,71)/b24-10-/t26-,27-,28+,29-,30+,31-,32-,33+,34+,35+,36+,37+,38+,39-,40-,41+,42+,43+,44-,45-,48+,49+,50+,51-,54+,55-,56-,57+/m1/s1. The second-order valence-corrected chi connectivity index (χ2v) is 27.0. The third kappa shape index (κ3) is 10.5. The highest BCUT2D eigenvalue weighted by atomic mass is 16.8. The van der Waals surface area contributed by atoms with Gasteiger partial charge in [0.05, 0.1) is 44.1 Å². The van der Waals surface area contributed by atoms with Gasteiger partial charge in [-0.05, 0) is 110 Å². The summed E-state index contributed by atoms with van der Waals surface area (Å²) in [6.07, 6.45) is -27.1. The number of allylic oxidation sites excluding steroid dienone is 3. The van der Waals surface area contributed by atoms with Crippen LogP contribution in [-0.2, 0) is 52.2 Å². The molecular weight excluding hydrogens is 1070 g/mol. The minimum Gasteiger partial charge on any atom is -0.479 e. The molecule has 81 heavy (non-hydrogen) atoms. The van der Waals surface area contributed by atoms with Crippen LogP contribution in [0.1, 0.15) is 114 Å². The summed E-state index contributed by atoms with van der Waals surface area (Å²) in [6, 6.07) is 0. The lowest BCUT2D eigenvalue weighted by Gasteiger charge is -2.72. The van der Waals surface area contributed by atoms with Crippen molar-refractivity contribution in [3.8, 4) is 0 Å². The SMILES string of the molecule is C/C=C(/C)C(=O)O[C@H]1CC(C)(C)C[C@@H]2C3=CC[C@@H]4[C@@]5(C)CC[C@H](O[C@@H]6O[C@H](C(=O)O)[C@@H](O)[C@H](O[C@@H]7OC[C@H](O)[C@H](O)[C@H]7O[C@@H]7OC[C@@H](O)[C@H](O)[C@H]7O)[C@H]6O[C@@H]6O[C@H](CO)[C@H](O)[C@H](O)[C@H]6O)C(C)(C)[C@@H]5CC[C@@]4(C)[C@]3(C)C[C@@H](O)[C@@]12CO. The third-order valence-electron chi connectivity index (χ3n) is 21.7. The predicted molar refractivity (Wildman–Crippen MR) is 277 cm³/mol. The highest BCUT2D eigenvalue weighted by Crippen LogP contribution is 2.76. The molecule has 0 aromatic heterocycles. The summed E-state index contributed by atoms with van der Waals surface area (Å²) in [6.45, 7) is 16.4. The van der Waals surface area contributed by atoms with Crippen LogP contribution in [0, 0.1) is 50.2 Å². The van der Waals surface area contributed by atoms with Crippen molar-refractivity contribution in [1.82, 2.24) is 0 Å². The van der Waals surface area contributed by atoms with Gasteiger partial charge in [0, 0.05) is 5.57 Å². The minimum absolute atomic E-state index is 0.0579. The molecule has 0 radical (unpaired) electrons. The Morgan fingerprint density at radius 3 is 1.93 bits per heavy atom. The van der Waals surface area contributed by atoms with Crippen LogP contribution in [0.2, 0.25) is 0 Å². The number of hydrogen-bond donors (Lipinski definition) is 13. The Labute approximate surface area is 471 Å². The second kappa shape index (κ2) is 23.0. The fourth-order valence-electron chi connectivity index (χ4n) is 16.8. The highest BCUT2D eigenvalue weighted by molar-refractivity contribution is 5.87. The van der Waals surface area contributed by atoms with Crippen LogP contribution >= 0.6 is 0 Å². The Morgan fingerprint density at radius 1 is 0.654 bits per heavy atom. The van der Waals surface area contributed by atoms with Gasteiger partial charge in [0.1, 0.15) is 85.5 Å². The zero-order valence-corrected chi connectivity index (χ0v) is 47.8. The first-order valence-electron chi connectivity index (χ1n) is 28.8. The van der Waals surface area contributed by atoms with E-state index in [1.165, 1.54) is 5.57 Å². The molecule has 462 valence electrons. The van der Waals surface area contributed by atoms with Crippen molar-refractivity contribution in [2.75, 3.05) is 26.4 Å². The molecule has 24 heteroatoms. The summed E-state index contributed by atoms with van der Waals surface area (Å²) >= 11 is 0. The molecule has 24 nitrogen and oxygen atoms in total. The number of carbonyl (C=O) groups is 2. The van der Waals surface area contributed by atoms with Gasteiger partial charge in [-0.25, -0.2) is 9.59 Å². The molecule has 0 aromatic carbocycles. The average Bonchev–Trinajstić information content (AvgIpc) is 3.28. The molecule has 5 aliphatic carbocycles. The van der Waals surface area contributed by atoms with E-state index in [4.69, 9.17) is 42.6 Å². The van der Waals surface area contributed by atoms with Gasteiger partial charge in [0.2, 0.25) is 0 Å². The maximum absolute atomic E-state index is 13.4. The van der Waals surface area contributed by atoms with E-state index < -0.39 is 177 Å². The summed E-state index contributed by atoms with van der Waals surface area (Å²) in [5.74, 6) is -2.42. The van der Waals surface area contributed by atoms with E-state index >= 15 is 0 Å². The quantitative estimate of drug-likeness (QED) is 0.0468. The molecule has 13 N–H and O–H groups in total. The molecule has 0 amide bonds. The van der Waals surface area contributed by atoms with E-state index in [0.29, 0.717) is 50.5 Å². The van der Waals surface area contributed by atoms with Crippen LogP contribution in [0.3, 0.4) is 0 Å². The first-order chi connectivity index (χ1) is 37.9. The van der Waals surface area contributed by atoms with Gasteiger partial charge in [0.25, 0.3) is 0 Å². The first-order valence-corrected chi connectivity index (χ1v) is 28.8. The normalized spacial score (nSPS) is 51.6. The smallest absolute Gasteiger partial charge is 0.335 e. The summed E-state index contributed by atoms with van der Waals surface area (Å²) in [4.78, 5) is 26.5. The number of aliphatic hydroxyl groups is 12. The van der Waals surface area contributed by atoms with Crippen molar-refractivity contribution in [3.63, 3.8) is 0 Å². The van der Waals surface area contributed by atoms with E-state index in [0.717, 1.165) is 6.42 Å². The van der Waals surface area contributed by atoms with E-state index in [1.54, 1.807) is 19.9 Å². The predicted octanol–water partition coefficient (Wildman–Crippen LogP) is -0.733. The van der Waals surface area contributed by atoms with Gasteiger partial charge in [-0.3, -0.25) is 0 Å². The Hall–Kier alpha value is -2.38. The fraction of sp³-hybridized carbons (Fsp3) is 0.895. The van der Waals surface area contributed by atoms with Gasteiger partial charge in [0.15, 0.2) is 31.3 Å². The number of rotatable bonds is 13. The lowest BCUT2D eigenvalue weighted by Crippen LogP contribution is -2.70. The van der Waals surface area contributed by atoms with E-state index in [1.807, 2.05) is 0 Å². The summed E-state index contributed by atoms with van der Waals surface area (Å²) in [5, 5.41) is 143. The maximum atomic E-state index is 13.4. The van der Waals surface area contributed by atoms with Crippen molar-refractivity contribution in [3.05, 3.63) is 23.3 Å². The second-order valence-electron chi connectivity index (χ2n) is 27.0. The number of aliphatic hydroxyl groups excluding tert-OH is 12. The molecule has 0 spiro atoms. The molecular formula is C57H90O24. The van der Waals surface area contributed by atoms with Gasteiger partial charge in [-0.2, -0.15) is 0 Å². The van der Waals surface area contributed by atoms with Gasteiger partial charge < -0.3 is 109 Å². The minimum atomic E-state index is -2.19. The number of carboxylic acid groups (broad SMARTS) is 1. The van der Waals surface area contributed by atoms with Crippen LogP contribution in [-0.4, -0.2) is 234 Å². The Balaban J connectivity index is 1.03. The first kappa shape index (κ1) is 63.1. The molecule has 4 aliphatic heterocycles. The lowest BCUT2D eigenvalue weighted by atomic mass is 9.33. The van der Waals surface area contributed by atoms with Crippen LogP contribution in [0.15, 0.2) is 23.3 Å². The number of esters is 1. The van der Waals surface area contributed by atoms with Crippen LogP contribution in [0.4, 0.5) is 0 Å². The van der Waals surface area contributed by atoms with E-state index in [9.17, 15) is 76.0 Å². The number of carboxylic acids is 1.